The van der Waals surface area contributed by atoms with Crippen LogP contribution in [0.15, 0.2) is 73.2 Å². The number of benzene rings is 2. The van der Waals surface area contributed by atoms with Crippen molar-refractivity contribution in [2.75, 3.05) is 11.9 Å². The molecule has 0 bridgehead atoms. The van der Waals surface area contributed by atoms with Crippen molar-refractivity contribution in [3.8, 4) is 0 Å². The summed E-state index contributed by atoms with van der Waals surface area (Å²) in [4.78, 5) is 55.3. The number of anilines is 1. The van der Waals surface area contributed by atoms with Crippen molar-refractivity contribution in [2.45, 2.75) is 71.5 Å². The van der Waals surface area contributed by atoms with Gasteiger partial charge < -0.3 is 35.3 Å². The molecule has 4 N–H and O–H groups in total. The van der Waals surface area contributed by atoms with Crippen molar-refractivity contribution in [1.82, 2.24) is 25.5 Å². The molecule has 0 radical (unpaired) electrons. The third-order valence-electron chi connectivity index (χ3n) is 5.94. The summed E-state index contributed by atoms with van der Waals surface area (Å²) in [5.41, 5.74) is -0.295. The Bertz CT molecular complexity index is 1370. The topological polar surface area (TPSA) is 153 Å². The lowest BCUT2D eigenvalue weighted by molar-refractivity contribution is -0.131. The molecule has 0 aliphatic heterocycles. The lowest BCUT2D eigenvalue weighted by atomic mass is 10.0. The SMILES string of the molecule is CC(C)(C)OC(=O)NC(C)(C)C(=O)N[C@H](COCc1ccccc1)C(=O)Nc1cn(CC(=O)NCc2ccccc2)cn1. The molecule has 1 atom stereocenters. The second kappa shape index (κ2) is 15.0. The Hall–Kier alpha value is -4.71. The monoisotopic (exact) mass is 592 g/mol. The van der Waals surface area contributed by atoms with Gasteiger partial charge in [-0.3, -0.25) is 14.4 Å². The van der Waals surface area contributed by atoms with E-state index in [1.807, 2.05) is 60.7 Å². The Morgan fingerprint density at radius 2 is 1.53 bits per heavy atom. The highest BCUT2D eigenvalue weighted by atomic mass is 16.6. The molecule has 230 valence electrons. The molecule has 0 saturated carbocycles. The molecule has 0 fully saturated rings. The molecule has 3 aromatic rings. The zero-order valence-electron chi connectivity index (χ0n) is 25.2. The van der Waals surface area contributed by atoms with Gasteiger partial charge >= 0.3 is 6.09 Å². The summed E-state index contributed by atoms with van der Waals surface area (Å²) in [5, 5.41) is 10.7. The Balaban J connectivity index is 1.62. The van der Waals surface area contributed by atoms with Gasteiger partial charge in [-0.1, -0.05) is 60.7 Å². The fourth-order valence-electron chi connectivity index (χ4n) is 3.75. The van der Waals surface area contributed by atoms with E-state index < -0.39 is 35.1 Å². The summed E-state index contributed by atoms with van der Waals surface area (Å²) >= 11 is 0. The van der Waals surface area contributed by atoms with Gasteiger partial charge in [0.2, 0.25) is 11.8 Å². The second-order valence-electron chi connectivity index (χ2n) is 11.5. The van der Waals surface area contributed by atoms with Crippen LogP contribution < -0.4 is 21.3 Å². The summed E-state index contributed by atoms with van der Waals surface area (Å²) in [5.74, 6) is -1.25. The highest BCUT2D eigenvalue weighted by Crippen LogP contribution is 2.11. The minimum atomic E-state index is -1.41. The molecule has 0 aliphatic carbocycles. The number of nitrogens with zero attached hydrogens (tertiary/aromatic N) is 2. The number of alkyl carbamates (subject to hydrolysis) is 1. The Morgan fingerprint density at radius 1 is 0.907 bits per heavy atom. The van der Waals surface area contributed by atoms with E-state index in [2.05, 4.69) is 26.3 Å². The van der Waals surface area contributed by atoms with E-state index in [0.29, 0.717) is 6.54 Å². The minimum absolute atomic E-state index is 0.000575. The third-order valence-corrected chi connectivity index (χ3v) is 5.94. The molecule has 2 aromatic carbocycles. The number of hydrogen-bond donors (Lipinski definition) is 4. The van der Waals surface area contributed by atoms with Crippen LogP contribution in [0.5, 0.6) is 0 Å². The van der Waals surface area contributed by atoms with E-state index in [1.165, 1.54) is 30.9 Å². The van der Waals surface area contributed by atoms with Crippen LogP contribution in [0.2, 0.25) is 0 Å². The highest BCUT2D eigenvalue weighted by Gasteiger charge is 2.34. The average Bonchev–Trinajstić information content (AvgIpc) is 3.37. The van der Waals surface area contributed by atoms with Crippen LogP contribution in [-0.4, -0.2) is 57.2 Å². The molecule has 12 heteroatoms. The van der Waals surface area contributed by atoms with Crippen LogP contribution in [0.1, 0.15) is 45.7 Å². The van der Waals surface area contributed by atoms with Gasteiger partial charge in [-0.05, 0) is 45.7 Å². The standard InChI is InChI=1S/C31H40N6O6/c1-30(2,3)43-29(41)36-31(4,5)28(40)34-24(20-42-19-23-14-10-7-11-15-23)27(39)35-25-17-37(21-33-25)18-26(38)32-16-22-12-8-6-9-13-22/h6-15,17,21,24H,16,18-20H2,1-5H3,(H,32,38)(H,34,40)(H,35,39)(H,36,41)/t24-/m1/s1. The first kappa shape index (κ1) is 32.8. The number of aromatic nitrogens is 2. The maximum atomic E-state index is 13.3. The third kappa shape index (κ3) is 11.6. The average molecular weight is 593 g/mol. The number of hydrogen-bond acceptors (Lipinski definition) is 7. The van der Waals surface area contributed by atoms with Crippen LogP contribution in [-0.2, 0) is 43.6 Å². The molecular formula is C31H40N6O6. The van der Waals surface area contributed by atoms with Crippen molar-refractivity contribution in [3.63, 3.8) is 0 Å². The van der Waals surface area contributed by atoms with E-state index >= 15 is 0 Å². The fraction of sp³-hybridized carbons (Fsp3) is 0.387. The summed E-state index contributed by atoms with van der Waals surface area (Å²) in [7, 11) is 0. The van der Waals surface area contributed by atoms with Crippen molar-refractivity contribution >= 4 is 29.6 Å². The summed E-state index contributed by atoms with van der Waals surface area (Å²) < 4.78 is 12.6. The van der Waals surface area contributed by atoms with Gasteiger partial charge in [0.25, 0.3) is 5.91 Å². The molecule has 43 heavy (non-hydrogen) atoms. The smallest absolute Gasteiger partial charge is 0.408 e. The molecule has 1 heterocycles. The van der Waals surface area contributed by atoms with Gasteiger partial charge in [0.05, 0.1) is 19.5 Å². The first-order chi connectivity index (χ1) is 20.3. The van der Waals surface area contributed by atoms with E-state index in [0.717, 1.165) is 11.1 Å². The minimum Gasteiger partial charge on any atom is -0.444 e. The maximum Gasteiger partial charge on any atom is 0.408 e. The van der Waals surface area contributed by atoms with Crippen molar-refractivity contribution in [1.29, 1.82) is 0 Å². The number of nitrogens with one attached hydrogen (secondary N) is 4. The first-order valence-corrected chi connectivity index (χ1v) is 13.9. The maximum absolute atomic E-state index is 13.3. The predicted molar refractivity (Wildman–Crippen MR) is 161 cm³/mol. The first-order valence-electron chi connectivity index (χ1n) is 13.9. The largest absolute Gasteiger partial charge is 0.444 e. The van der Waals surface area contributed by atoms with Crippen LogP contribution in [0.25, 0.3) is 0 Å². The molecule has 0 unspecified atom stereocenters. The lowest BCUT2D eigenvalue weighted by Gasteiger charge is -2.29. The summed E-state index contributed by atoms with van der Waals surface area (Å²) in [6.07, 6.45) is 2.16. The number of imidazole rings is 1. The quantitative estimate of drug-likeness (QED) is 0.238. The molecular weight excluding hydrogens is 552 g/mol. The van der Waals surface area contributed by atoms with Gasteiger partial charge in [0.1, 0.15) is 23.7 Å². The molecule has 0 aliphatic rings. The second-order valence-corrected chi connectivity index (χ2v) is 11.5. The van der Waals surface area contributed by atoms with Gasteiger partial charge in [-0.25, -0.2) is 9.78 Å². The zero-order valence-corrected chi connectivity index (χ0v) is 25.2. The number of amides is 4. The number of carbonyl (C=O) groups is 4. The van der Waals surface area contributed by atoms with Gasteiger partial charge in [0, 0.05) is 12.7 Å². The van der Waals surface area contributed by atoms with Crippen molar-refractivity contribution in [3.05, 3.63) is 84.3 Å². The molecule has 0 saturated heterocycles. The van der Waals surface area contributed by atoms with E-state index in [4.69, 9.17) is 9.47 Å². The molecule has 12 nitrogen and oxygen atoms in total. The predicted octanol–water partition coefficient (Wildman–Crippen LogP) is 3.14. The van der Waals surface area contributed by atoms with Crippen LogP contribution in [0.3, 0.4) is 0 Å². The Kier molecular flexibility index (Phi) is 11.4. The van der Waals surface area contributed by atoms with Gasteiger partial charge in [-0.2, -0.15) is 0 Å². The van der Waals surface area contributed by atoms with E-state index in [9.17, 15) is 19.2 Å². The van der Waals surface area contributed by atoms with Crippen molar-refractivity contribution in [2.24, 2.45) is 0 Å². The highest BCUT2D eigenvalue weighted by molar-refractivity contribution is 5.98. The lowest BCUT2D eigenvalue weighted by Crippen LogP contribution is -2.59. The molecule has 3 rings (SSSR count). The Morgan fingerprint density at radius 3 is 2.16 bits per heavy atom. The summed E-state index contributed by atoms with van der Waals surface area (Å²) in [6.45, 7) is 8.58. The fourth-order valence-corrected chi connectivity index (χ4v) is 3.75. The Labute approximate surface area is 251 Å². The van der Waals surface area contributed by atoms with E-state index in [1.54, 1.807) is 20.8 Å². The molecule has 1 aromatic heterocycles. The normalized spacial score (nSPS) is 12.1. The zero-order chi connectivity index (χ0) is 31.5. The summed E-state index contributed by atoms with van der Waals surface area (Å²) in [6, 6.07) is 17.8. The van der Waals surface area contributed by atoms with Gasteiger partial charge in [-0.15, -0.1) is 0 Å². The number of ether oxygens (including phenoxy) is 2. The van der Waals surface area contributed by atoms with Crippen molar-refractivity contribution < 1.29 is 28.7 Å². The van der Waals surface area contributed by atoms with Crippen LogP contribution in [0, 0.1) is 0 Å². The molecule has 4 amide bonds. The van der Waals surface area contributed by atoms with E-state index in [-0.39, 0.29) is 31.5 Å². The van der Waals surface area contributed by atoms with Crippen LogP contribution >= 0.6 is 0 Å². The molecule has 0 spiro atoms. The number of carbonyl (C=O) groups excluding carboxylic acids is 4. The van der Waals surface area contributed by atoms with Crippen LogP contribution in [0.4, 0.5) is 10.6 Å². The van der Waals surface area contributed by atoms with Gasteiger partial charge in [0.15, 0.2) is 5.82 Å². The number of rotatable bonds is 13.